The molecule has 1 aromatic carbocycles. The first-order chi connectivity index (χ1) is 8.54. The van der Waals surface area contributed by atoms with Crippen LogP contribution in [0.4, 0.5) is 11.4 Å². The van der Waals surface area contributed by atoms with E-state index in [9.17, 15) is 4.79 Å². The molecule has 1 fully saturated rings. The molecule has 2 rings (SSSR count). The van der Waals surface area contributed by atoms with Crippen molar-refractivity contribution >= 4 is 17.3 Å². The van der Waals surface area contributed by atoms with Crippen molar-refractivity contribution in [3.05, 3.63) is 23.8 Å². The molecule has 0 aliphatic carbocycles. The maximum Gasteiger partial charge on any atom is 0.337 e. The largest absolute Gasteiger partial charge is 0.478 e. The van der Waals surface area contributed by atoms with Crippen molar-refractivity contribution in [1.82, 2.24) is 0 Å². The average Bonchev–Trinajstić information content (AvgIpc) is 2.71. The van der Waals surface area contributed by atoms with Crippen LogP contribution in [0.3, 0.4) is 0 Å². The summed E-state index contributed by atoms with van der Waals surface area (Å²) in [6, 6.07) is 6.27. The molecule has 98 valence electrons. The minimum Gasteiger partial charge on any atom is -0.478 e. The number of nitrogen functional groups attached to an aromatic ring is 1. The van der Waals surface area contributed by atoms with Crippen LogP contribution in [0.5, 0.6) is 0 Å². The van der Waals surface area contributed by atoms with Gasteiger partial charge in [0.1, 0.15) is 0 Å². The van der Waals surface area contributed by atoms with E-state index in [1.807, 2.05) is 6.07 Å². The van der Waals surface area contributed by atoms with Gasteiger partial charge in [-0.15, -0.1) is 0 Å². The van der Waals surface area contributed by atoms with Crippen LogP contribution < -0.4 is 10.6 Å². The molecule has 18 heavy (non-hydrogen) atoms. The monoisotopic (exact) mass is 248 g/mol. The van der Waals surface area contributed by atoms with Gasteiger partial charge in [0, 0.05) is 23.5 Å². The molecule has 4 nitrogen and oxygen atoms in total. The lowest BCUT2D eigenvalue weighted by atomic mass is 10.1. The fourth-order valence-corrected chi connectivity index (χ4v) is 2.83. The molecule has 0 radical (unpaired) electrons. The Kier molecular flexibility index (Phi) is 3.45. The van der Waals surface area contributed by atoms with E-state index in [0.29, 0.717) is 17.8 Å². The summed E-state index contributed by atoms with van der Waals surface area (Å²) >= 11 is 0. The fourth-order valence-electron chi connectivity index (χ4n) is 2.83. The summed E-state index contributed by atoms with van der Waals surface area (Å²) in [5.74, 6) is -0.964. The first-order valence-electron chi connectivity index (χ1n) is 6.45. The molecular formula is C14H20N2O2. The highest BCUT2D eigenvalue weighted by Gasteiger charge is 2.29. The van der Waals surface area contributed by atoms with Gasteiger partial charge in [-0.25, -0.2) is 4.79 Å². The van der Waals surface area contributed by atoms with Gasteiger partial charge >= 0.3 is 5.97 Å². The number of carboxylic acids is 1. The van der Waals surface area contributed by atoms with Crippen LogP contribution in [0.25, 0.3) is 0 Å². The number of hydrogen-bond acceptors (Lipinski definition) is 3. The molecule has 1 saturated heterocycles. The number of carboxylic acid groups (broad SMARTS) is 1. The van der Waals surface area contributed by atoms with Crippen molar-refractivity contribution in [2.45, 2.75) is 45.2 Å². The number of hydrogen-bond donors (Lipinski definition) is 2. The predicted octanol–water partition coefficient (Wildman–Crippen LogP) is 2.73. The normalized spacial score (nSPS) is 23.3. The van der Waals surface area contributed by atoms with E-state index in [4.69, 9.17) is 10.8 Å². The van der Waals surface area contributed by atoms with Gasteiger partial charge in [-0.05, 0) is 44.4 Å². The highest BCUT2D eigenvalue weighted by molar-refractivity contribution is 5.94. The van der Waals surface area contributed by atoms with Gasteiger partial charge in [-0.2, -0.15) is 0 Å². The quantitative estimate of drug-likeness (QED) is 0.807. The van der Waals surface area contributed by atoms with E-state index in [0.717, 1.165) is 18.5 Å². The van der Waals surface area contributed by atoms with Crippen molar-refractivity contribution in [2.24, 2.45) is 0 Å². The smallest absolute Gasteiger partial charge is 0.337 e. The second-order valence-corrected chi connectivity index (χ2v) is 4.97. The first-order valence-corrected chi connectivity index (χ1v) is 6.45. The van der Waals surface area contributed by atoms with Crippen molar-refractivity contribution in [3.63, 3.8) is 0 Å². The highest BCUT2D eigenvalue weighted by atomic mass is 16.4. The lowest BCUT2D eigenvalue weighted by Crippen LogP contribution is -2.34. The lowest BCUT2D eigenvalue weighted by molar-refractivity contribution is 0.0698. The van der Waals surface area contributed by atoms with Crippen molar-refractivity contribution in [2.75, 3.05) is 10.6 Å². The standard InChI is InChI=1S/C14H20N2O2/c1-3-10-5-4-9(2)16(10)11-6-7-13(15)12(8-11)14(17)18/h6-10H,3-5,15H2,1-2H3,(H,17,18). The molecule has 0 spiro atoms. The number of carbonyl (C=O) groups is 1. The summed E-state index contributed by atoms with van der Waals surface area (Å²) in [5.41, 5.74) is 7.18. The number of aromatic carboxylic acids is 1. The number of rotatable bonds is 3. The molecule has 0 amide bonds. The van der Waals surface area contributed by atoms with E-state index in [1.165, 1.54) is 6.42 Å². The highest BCUT2D eigenvalue weighted by Crippen LogP contribution is 2.33. The van der Waals surface area contributed by atoms with E-state index < -0.39 is 5.97 Å². The molecule has 0 bridgehead atoms. The Morgan fingerprint density at radius 1 is 1.50 bits per heavy atom. The van der Waals surface area contributed by atoms with E-state index in [2.05, 4.69) is 18.7 Å². The van der Waals surface area contributed by atoms with Gasteiger partial charge in [0.05, 0.1) is 5.56 Å². The second kappa shape index (κ2) is 4.88. The van der Waals surface area contributed by atoms with Crippen LogP contribution >= 0.6 is 0 Å². The number of benzene rings is 1. The maximum absolute atomic E-state index is 11.1. The van der Waals surface area contributed by atoms with Crippen molar-refractivity contribution in [1.29, 1.82) is 0 Å². The van der Waals surface area contributed by atoms with Gasteiger partial charge < -0.3 is 15.7 Å². The molecule has 1 aliphatic heterocycles. The minimum absolute atomic E-state index is 0.196. The van der Waals surface area contributed by atoms with Gasteiger partial charge in [0.25, 0.3) is 0 Å². The van der Waals surface area contributed by atoms with Gasteiger partial charge in [-0.3, -0.25) is 0 Å². The second-order valence-electron chi connectivity index (χ2n) is 4.97. The average molecular weight is 248 g/mol. The zero-order chi connectivity index (χ0) is 13.3. The molecular weight excluding hydrogens is 228 g/mol. The SMILES string of the molecule is CCC1CCC(C)N1c1ccc(N)c(C(=O)O)c1. The Morgan fingerprint density at radius 2 is 2.22 bits per heavy atom. The zero-order valence-corrected chi connectivity index (χ0v) is 10.9. The zero-order valence-electron chi connectivity index (χ0n) is 10.9. The number of nitrogens with two attached hydrogens (primary N) is 1. The first kappa shape index (κ1) is 12.7. The molecule has 2 unspecified atom stereocenters. The molecule has 3 N–H and O–H groups in total. The summed E-state index contributed by atoms with van der Waals surface area (Å²) in [4.78, 5) is 13.4. The van der Waals surface area contributed by atoms with Crippen LogP contribution in [0.1, 0.15) is 43.5 Å². The molecule has 1 heterocycles. The van der Waals surface area contributed by atoms with Crippen LogP contribution in [-0.4, -0.2) is 23.2 Å². The predicted molar refractivity (Wildman–Crippen MR) is 73.1 cm³/mol. The number of nitrogens with zero attached hydrogens (tertiary/aromatic N) is 1. The fraction of sp³-hybridized carbons (Fsp3) is 0.500. The molecule has 2 atom stereocenters. The molecule has 0 saturated carbocycles. The van der Waals surface area contributed by atoms with E-state index in [1.54, 1.807) is 12.1 Å². The molecule has 0 aromatic heterocycles. The van der Waals surface area contributed by atoms with E-state index in [-0.39, 0.29) is 5.56 Å². The van der Waals surface area contributed by atoms with Gasteiger partial charge in [0.15, 0.2) is 0 Å². The summed E-state index contributed by atoms with van der Waals surface area (Å²) in [7, 11) is 0. The minimum atomic E-state index is -0.964. The summed E-state index contributed by atoms with van der Waals surface area (Å²) in [5, 5.41) is 9.12. The lowest BCUT2D eigenvalue weighted by Gasteiger charge is -2.30. The topological polar surface area (TPSA) is 66.6 Å². The molecule has 1 aromatic rings. The third-order valence-corrected chi connectivity index (χ3v) is 3.82. The Labute approximate surface area is 107 Å². The third-order valence-electron chi connectivity index (χ3n) is 3.82. The van der Waals surface area contributed by atoms with E-state index >= 15 is 0 Å². The summed E-state index contributed by atoms with van der Waals surface area (Å²) < 4.78 is 0. The van der Waals surface area contributed by atoms with Crippen LogP contribution in [-0.2, 0) is 0 Å². The summed E-state index contributed by atoms with van der Waals surface area (Å²) in [6.07, 6.45) is 3.41. The Balaban J connectivity index is 2.38. The van der Waals surface area contributed by atoms with Crippen LogP contribution in [0.15, 0.2) is 18.2 Å². The Hall–Kier alpha value is -1.71. The molecule has 4 heteroatoms. The van der Waals surface area contributed by atoms with Crippen molar-refractivity contribution in [3.8, 4) is 0 Å². The number of anilines is 2. The Bertz CT molecular complexity index is 459. The third kappa shape index (κ3) is 2.15. The van der Waals surface area contributed by atoms with Crippen LogP contribution in [0.2, 0.25) is 0 Å². The molecule has 1 aliphatic rings. The Morgan fingerprint density at radius 3 is 2.83 bits per heavy atom. The van der Waals surface area contributed by atoms with Crippen LogP contribution in [0, 0.1) is 0 Å². The van der Waals surface area contributed by atoms with Crippen molar-refractivity contribution < 1.29 is 9.90 Å². The van der Waals surface area contributed by atoms with Gasteiger partial charge in [0.2, 0.25) is 0 Å². The summed E-state index contributed by atoms with van der Waals surface area (Å²) in [6.45, 7) is 4.36. The maximum atomic E-state index is 11.1. The van der Waals surface area contributed by atoms with Gasteiger partial charge in [-0.1, -0.05) is 6.92 Å².